The van der Waals surface area contributed by atoms with E-state index in [4.69, 9.17) is 10.4 Å². The van der Waals surface area contributed by atoms with E-state index in [0.717, 1.165) is 0 Å². The van der Waals surface area contributed by atoms with Crippen LogP contribution in [0.2, 0.25) is 0 Å². The lowest BCUT2D eigenvalue weighted by molar-refractivity contribution is -0.442. The van der Waals surface area contributed by atoms with Crippen LogP contribution in [0.5, 0.6) is 0 Å². The summed E-state index contributed by atoms with van der Waals surface area (Å²) in [6, 6.07) is 0. The Morgan fingerprint density at radius 3 is 2.61 bits per heavy atom. The zero-order valence-corrected chi connectivity index (χ0v) is 10.8. The molecule has 0 bridgehead atoms. The van der Waals surface area contributed by atoms with Crippen molar-refractivity contribution in [1.29, 1.82) is 0 Å². The minimum atomic E-state index is -4.61. The van der Waals surface area contributed by atoms with E-state index >= 15 is 0 Å². The topological polar surface area (TPSA) is 142 Å². The number of carboxylic acids is 1. The van der Waals surface area contributed by atoms with Gasteiger partial charge in [-0.15, -0.1) is 0 Å². The molecule has 0 aromatic carbocycles. The smallest absolute Gasteiger partial charge is 0.587 e. The molecular weight excluding hydrogens is 290 g/mol. The highest BCUT2D eigenvalue weighted by Gasteiger charge is 2.44. The zero-order valence-electron chi connectivity index (χ0n) is 9.05. The molecule has 0 fully saturated rings. The molecule has 2 atom stereocenters. The van der Waals surface area contributed by atoms with Gasteiger partial charge >= 0.3 is 21.0 Å². The number of allylic oxidation sites excluding steroid dienone is 1. The SMILES string of the molecule is C=C[C+](CCOP(=O)(OOO)[P+](=O)[O-])CC(=O)O. The van der Waals surface area contributed by atoms with Gasteiger partial charge < -0.3 is 10.00 Å². The fourth-order valence-corrected chi connectivity index (χ4v) is 2.27. The van der Waals surface area contributed by atoms with Crippen LogP contribution in [0, 0.1) is 5.92 Å². The minimum Gasteiger partial charge on any atom is -0.587 e. The van der Waals surface area contributed by atoms with E-state index in [0.29, 0.717) is 5.92 Å². The average Bonchev–Trinajstić information content (AvgIpc) is 2.27. The third kappa shape index (κ3) is 6.23. The van der Waals surface area contributed by atoms with Crippen LogP contribution in [0.1, 0.15) is 12.8 Å². The van der Waals surface area contributed by atoms with E-state index < -0.39 is 27.6 Å². The van der Waals surface area contributed by atoms with Gasteiger partial charge in [0, 0.05) is 6.58 Å². The molecule has 0 radical (unpaired) electrons. The summed E-state index contributed by atoms with van der Waals surface area (Å²) in [5, 5.41) is 19.4. The van der Waals surface area contributed by atoms with Crippen molar-refractivity contribution >= 4 is 21.0 Å². The van der Waals surface area contributed by atoms with Crippen LogP contribution in [-0.4, -0.2) is 22.9 Å². The maximum absolute atomic E-state index is 11.3. The van der Waals surface area contributed by atoms with Gasteiger partial charge in [-0.05, 0) is 0 Å². The molecule has 0 aliphatic rings. The van der Waals surface area contributed by atoms with Crippen molar-refractivity contribution in [2.75, 3.05) is 6.61 Å². The first-order valence-electron chi connectivity index (χ1n) is 4.44. The molecule has 0 spiro atoms. The summed E-state index contributed by atoms with van der Waals surface area (Å²) >= 11 is 0. The molecule has 0 heterocycles. The first-order valence-corrected chi connectivity index (χ1v) is 7.86. The van der Waals surface area contributed by atoms with Gasteiger partial charge in [0.1, 0.15) is 6.42 Å². The lowest BCUT2D eigenvalue weighted by Gasteiger charge is -2.07. The number of carboxylic acid groups (broad SMARTS) is 1. The third-order valence-corrected chi connectivity index (χ3v) is 4.58. The number of rotatable bonds is 10. The summed E-state index contributed by atoms with van der Waals surface area (Å²) < 4.78 is 29.9. The van der Waals surface area contributed by atoms with E-state index in [1.54, 1.807) is 0 Å². The molecular formula is C7H11O9P2+. The van der Waals surface area contributed by atoms with Crippen molar-refractivity contribution in [2.24, 2.45) is 0 Å². The van der Waals surface area contributed by atoms with E-state index in [-0.39, 0.29) is 12.8 Å². The van der Waals surface area contributed by atoms with Crippen molar-refractivity contribution in [3.8, 4) is 0 Å². The molecule has 0 aromatic rings. The molecule has 0 aromatic heterocycles. The quantitative estimate of drug-likeness (QED) is 0.264. The molecule has 0 saturated heterocycles. The van der Waals surface area contributed by atoms with Gasteiger partial charge in [-0.25, -0.2) is 14.6 Å². The van der Waals surface area contributed by atoms with Gasteiger partial charge in [-0.3, -0.25) is 4.52 Å². The highest BCUT2D eigenvalue weighted by atomic mass is 32.1. The summed E-state index contributed by atoms with van der Waals surface area (Å²) in [4.78, 5) is 20.9. The van der Waals surface area contributed by atoms with Crippen molar-refractivity contribution in [3.63, 3.8) is 0 Å². The van der Waals surface area contributed by atoms with Crippen LogP contribution in [0.3, 0.4) is 0 Å². The highest BCUT2D eigenvalue weighted by molar-refractivity contribution is 8.20. The molecule has 0 aliphatic carbocycles. The van der Waals surface area contributed by atoms with Gasteiger partial charge in [0.2, 0.25) is 0 Å². The number of carbonyl (C=O) groups is 1. The Labute approximate surface area is 103 Å². The summed E-state index contributed by atoms with van der Waals surface area (Å²) in [5.41, 5.74) is 0. The van der Waals surface area contributed by atoms with Crippen LogP contribution < -0.4 is 4.89 Å². The van der Waals surface area contributed by atoms with Crippen LogP contribution in [0.25, 0.3) is 0 Å². The monoisotopic (exact) mass is 301 g/mol. The standard InChI is InChI=1S/C7H10O9P2/c1-2-6(5-7(8)9)3-4-14-18(13,16-15-10)17(11)12/h2H,1,3-5H2,(H-,8,9,10)/p+1. The maximum Gasteiger partial charge on any atom is 0.596 e. The van der Waals surface area contributed by atoms with E-state index in [9.17, 15) is 18.8 Å². The summed E-state index contributed by atoms with van der Waals surface area (Å²) in [5.74, 6) is -0.752. The first kappa shape index (κ1) is 17.2. The largest absolute Gasteiger partial charge is 0.596 e. The Morgan fingerprint density at radius 1 is 1.61 bits per heavy atom. The van der Waals surface area contributed by atoms with Crippen LogP contribution in [0.4, 0.5) is 0 Å². The Morgan fingerprint density at radius 2 is 2.22 bits per heavy atom. The van der Waals surface area contributed by atoms with Crippen LogP contribution in [0.15, 0.2) is 12.7 Å². The fraction of sp³-hybridized carbons (Fsp3) is 0.429. The first-order chi connectivity index (χ1) is 8.35. The summed E-state index contributed by atoms with van der Waals surface area (Å²) in [6.07, 6.45) is 0.943. The molecule has 0 amide bonds. The molecule has 11 heteroatoms. The average molecular weight is 301 g/mol. The van der Waals surface area contributed by atoms with Gasteiger partial charge in [0.25, 0.3) is 0 Å². The van der Waals surface area contributed by atoms with Crippen molar-refractivity contribution in [1.82, 2.24) is 0 Å². The lowest BCUT2D eigenvalue weighted by Crippen LogP contribution is -2.07. The molecule has 0 rings (SSSR count). The van der Waals surface area contributed by atoms with Gasteiger partial charge in [-0.2, -0.15) is 0 Å². The molecule has 2 unspecified atom stereocenters. The predicted molar refractivity (Wildman–Crippen MR) is 56.3 cm³/mol. The molecule has 0 aliphatic heterocycles. The Bertz CT molecular complexity index is 355. The second kappa shape index (κ2) is 8.34. The van der Waals surface area contributed by atoms with Crippen molar-refractivity contribution < 1.29 is 43.4 Å². The Kier molecular flexibility index (Phi) is 7.97. The molecule has 9 nitrogen and oxygen atoms in total. The summed E-state index contributed by atoms with van der Waals surface area (Å²) in [7, 11) is -8.23. The predicted octanol–water partition coefficient (Wildman–Crippen LogP) is 1.26. The lowest BCUT2D eigenvalue weighted by atomic mass is 10.0. The number of aliphatic carboxylic acids is 1. The maximum atomic E-state index is 11.3. The number of hydrogen-bond donors (Lipinski definition) is 2. The fourth-order valence-electron chi connectivity index (χ4n) is 0.887. The molecule has 0 saturated carbocycles. The van der Waals surface area contributed by atoms with E-state index in [2.05, 4.69) is 20.8 Å². The zero-order chi connectivity index (χ0) is 14.2. The van der Waals surface area contributed by atoms with E-state index in [1.807, 2.05) is 0 Å². The Balaban J connectivity index is 4.29. The van der Waals surface area contributed by atoms with Crippen LogP contribution in [-0.2, 0) is 28.2 Å². The molecule has 102 valence electrons. The van der Waals surface area contributed by atoms with E-state index in [1.165, 1.54) is 6.08 Å². The van der Waals surface area contributed by atoms with Crippen molar-refractivity contribution in [2.45, 2.75) is 12.8 Å². The second-order valence-electron chi connectivity index (χ2n) is 2.87. The van der Waals surface area contributed by atoms with Gasteiger partial charge in [0.15, 0.2) is 0 Å². The molecule has 2 N–H and O–H groups in total. The summed E-state index contributed by atoms with van der Waals surface area (Å²) in [6.45, 7) is 2.96. The molecule has 18 heavy (non-hydrogen) atoms. The Hall–Kier alpha value is -0.790. The second-order valence-corrected chi connectivity index (χ2v) is 7.14. The minimum absolute atomic E-state index is 0.0161. The number of hydrogen-bond acceptors (Lipinski definition) is 8. The van der Waals surface area contributed by atoms with Crippen LogP contribution >= 0.6 is 15.0 Å². The van der Waals surface area contributed by atoms with Crippen molar-refractivity contribution in [3.05, 3.63) is 18.6 Å². The van der Waals surface area contributed by atoms with Gasteiger partial charge in [0.05, 0.1) is 25.0 Å². The van der Waals surface area contributed by atoms with Gasteiger partial charge in [-0.1, -0.05) is 14.3 Å². The third-order valence-electron chi connectivity index (χ3n) is 1.67. The normalized spacial score (nSPS) is 14.7. The highest BCUT2D eigenvalue weighted by Crippen LogP contribution is 2.66.